The van der Waals surface area contributed by atoms with Crippen LogP contribution in [0.5, 0.6) is 17.2 Å². The first kappa shape index (κ1) is 25.5. The standard InChI is InChI=1S/C25H30N4O6/c1-33-21-9-8-18(15-22(21)34-2)10-11-26-24(31)25(32)28-27-16-19-6-5-7-20(14-19)35-17-23(30)29-12-3-4-13-29/h5-9,14-16H,3-4,10-13,17H2,1-2H3,(H,26,31)(H,28,32)/b27-16-. The third kappa shape index (κ3) is 7.73. The monoisotopic (exact) mass is 482 g/mol. The molecule has 0 bridgehead atoms. The number of carbonyl (C=O) groups is 3. The van der Waals surface area contributed by atoms with Crippen molar-refractivity contribution in [3.05, 3.63) is 53.6 Å². The Morgan fingerprint density at radius 2 is 1.77 bits per heavy atom. The van der Waals surface area contributed by atoms with E-state index in [1.807, 2.05) is 12.1 Å². The first-order chi connectivity index (χ1) is 17.0. The summed E-state index contributed by atoms with van der Waals surface area (Å²) in [5, 5.41) is 6.38. The molecule has 10 nitrogen and oxygen atoms in total. The smallest absolute Gasteiger partial charge is 0.329 e. The Balaban J connectivity index is 1.41. The summed E-state index contributed by atoms with van der Waals surface area (Å²) in [7, 11) is 3.11. The van der Waals surface area contributed by atoms with Gasteiger partial charge in [0.15, 0.2) is 18.1 Å². The van der Waals surface area contributed by atoms with Gasteiger partial charge in [-0.25, -0.2) is 5.43 Å². The zero-order valence-corrected chi connectivity index (χ0v) is 19.9. The molecule has 0 radical (unpaired) electrons. The molecular weight excluding hydrogens is 452 g/mol. The fraction of sp³-hybridized carbons (Fsp3) is 0.360. The Morgan fingerprint density at radius 3 is 2.51 bits per heavy atom. The number of benzene rings is 2. The quantitative estimate of drug-likeness (QED) is 0.301. The number of nitrogens with zero attached hydrogens (tertiary/aromatic N) is 2. The number of hydrogen-bond donors (Lipinski definition) is 2. The van der Waals surface area contributed by atoms with Crippen LogP contribution in [0.3, 0.4) is 0 Å². The molecule has 1 heterocycles. The zero-order chi connectivity index (χ0) is 25.0. The molecule has 0 spiro atoms. The lowest BCUT2D eigenvalue weighted by atomic mass is 10.1. The van der Waals surface area contributed by atoms with E-state index in [9.17, 15) is 14.4 Å². The summed E-state index contributed by atoms with van der Waals surface area (Å²) in [5.74, 6) is 0.0188. The fourth-order valence-corrected chi connectivity index (χ4v) is 3.54. The summed E-state index contributed by atoms with van der Waals surface area (Å²) >= 11 is 0. The van der Waals surface area contributed by atoms with Crippen molar-refractivity contribution in [2.24, 2.45) is 5.10 Å². The average molecular weight is 483 g/mol. The maximum Gasteiger partial charge on any atom is 0.329 e. The van der Waals surface area contributed by atoms with Crippen LogP contribution in [0, 0.1) is 0 Å². The van der Waals surface area contributed by atoms with Gasteiger partial charge in [-0.3, -0.25) is 14.4 Å². The Hall–Kier alpha value is -4.08. The van der Waals surface area contributed by atoms with Gasteiger partial charge in [-0.15, -0.1) is 0 Å². The first-order valence-electron chi connectivity index (χ1n) is 11.3. The Morgan fingerprint density at radius 1 is 1.00 bits per heavy atom. The highest BCUT2D eigenvalue weighted by atomic mass is 16.5. The molecule has 186 valence electrons. The molecule has 10 heteroatoms. The van der Waals surface area contributed by atoms with Gasteiger partial charge < -0.3 is 24.4 Å². The van der Waals surface area contributed by atoms with Crippen LogP contribution in [0.1, 0.15) is 24.0 Å². The van der Waals surface area contributed by atoms with Gasteiger partial charge in [0.1, 0.15) is 5.75 Å². The van der Waals surface area contributed by atoms with Crippen LogP contribution in [0.2, 0.25) is 0 Å². The molecule has 0 atom stereocenters. The van der Waals surface area contributed by atoms with Gasteiger partial charge >= 0.3 is 11.8 Å². The second-order valence-electron chi connectivity index (χ2n) is 7.84. The van der Waals surface area contributed by atoms with Crippen molar-refractivity contribution < 1.29 is 28.6 Å². The van der Waals surface area contributed by atoms with E-state index in [4.69, 9.17) is 14.2 Å². The van der Waals surface area contributed by atoms with Gasteiger partial charge in [-0.1, -0.05) is 18.2 Å². The lowest BCUT2D eigenvalue weighted by Gasteiger charge is -2.15. The van der Waals surface area contributed by atoms with E-state index in [1.54, 1.807) is 49.5 Å². The molecule has 1 saturated heterocycles. The van der Waals surface area contributed by atoms with Crippen molar-refractivity contribution in [1.29, 1.82) is 0 Å². The normalized spacial score (nSPS) is 12.9. The maximum absolute atomic E-state index is 12.1. The van der Waals surface area contributed by atoms with Crippen LogP contribution in [0.15, 0.2) is 47.6 Å². The number of nitrogens with one attached hydrogen (secondary N) is 2. The van der Waals surface area contributed by atoms with Gasteiger partial charge in [0.2, 0.25) is 0 Å². The van der Waals surface area contributed by atoms with E-state index in [2.05, 4.69) is 15.8 Å². The third-order valence-electron chi connectivity index (χ3n) is 5.41. The lowest BCUT2D eigenvalue weighted by Crippen LogP contribution is -2.38. The number of hydrazone groups is 1. The number of methoxy groups -OCH3 is 2. The number of hydrogen-bond acceptors (Lipinski definition) is 7. The van der Waals surface area contributed by atoms with Crippen molar-refractivity contribution in [2.75, 3.05) is 40.5 Å². The molecule has 35 heavy (non-hydrogen) atoms. The van der Waals surface area contributed by atoms with E-state index in [-0.39, 0.29) is 19.1 Å². The van der Waals surface area contributed by atoms with Crippen molar-refractivity contribution >= 4 is 23.9 Å². The molecule has 1 fully saturated rings. The second kappa shape index (κ2) is 13.0. The molecule has 0 aromatic heterocycles. The summed E-state index contributed by atoms with van der Waals surface area (Å²) in [6.07, 6.45) is 3.96. The summed E-state index contributed by atoms with van der Waals surface area (Å²) < 4.78 is 16.0. The zero-order valence-electron chi connectivity index (χ0n) is 19.9. The molecule has 0 aliphatic carbocycles. The largest absolute Gasteiger partial charge is 0.493 e. The van der Waals surface area contributed by atoms with E-state index >= 15 is 0 Å². The predicted octanol–water partition coefficient (Wildman–Crippen LogP) is 1.51. The Labute approximate surface area is 204 Å². The number of carbonyl (C=O) groups excluding carboxylic acids is 3. The molecule has 2 aromatic carbocycles. The van der Waals surface area contributed by atoms with Crippen molar-refractivity contribution in [3.8, 4) is 17.2 Å². The summed E-state index contributed by atoms with van der Waals surface area (Å²) in [4.78, 5) is 37.9. The number of rotatable bonds is 10. The molecule has 1 aliphatic heterocycles. The molecule has 0 saturated carbocycles. The summed E-state index contributed by atoms with van der Waals surface area (Å²) in [6.45, 7) is 1.79. The molecule has 3 rings (SSSR count). The van der Waals surface area contributed by atoms with Gasteiger partial charge in [-0.2, -0.15) is 5.10 Å². The molecule has 0 unspecified atom stereocenters. The van der Waals surface area contributed by atoms with Crippen LogP contribution < -0.4 is 25.0 Å². The van der Waals surface area contributed by atoms with E-state index in [0.29, 0.717) is 29.2 Å². The van der Waals surface area contributed by atoms with Gasteiger partial charge in [-0.05, 0) is 54.7 Å². The first-order valence-corrected chi connectivity index (χ1v) is 11.3. The number of likely N-dealkylation sites (tertiary alicyclic amines) is 1. The van der Waals surface area contributed by atoms with Crippen molar-refractivity contribution in [2.45, 2.75) is 19.3 Å². The second-order valence-corrected chi connectivity index (χ2v) is 7.84. The minimum Gasteiger partial charge on any atom is -0.493 e. The van der Waals surface area contributed by atoms with E-state index in [1.165, 1.54) is 6.21 Å². The number of amides is 3. The summed E-state index contributed by atoms with van der Waals surface area (Å²) in [6, 6.07) is 12.4. The molecule has 2 aromatic rings. The number of ether oxygens (including phenoxy) is 3. The minimum atomic E-state index is -0.878. The van der Waals surface area contributed by atoms with Crippen LogP contribution in [0.4, 0.5) is 0 Å². The molecule has 3 amide bonds. The molecule has 2 N–H and O–H groups in total. The average Bonchev–Trinajstić information content (AvgIpc) is 3.42. The highest BCUT2D eigenvalue weighted by molar-refractivity contribution is 6.35. The van der Waals surface area contributed by atoms with Crippen LogP contribution >= 0.6 is 0 Å². The molecule has 1 aliphatic rings. The van der Waals surface area contributed by atoms with Gasteiger partial charge in [0, 0.05) is 19.6 Å². The SMILES string of the molecule is COc1ccc(CCNC(=O)C(=O)N/N=C\c2cccc(OCC(=O)N3CCCC3)c2)cc1OC. The highest BCUT2D eigenvalue weighted by Crippen LogP contribution is 2.27. The topological polar surface area (TPSA) is 119 Å². The van der Waals surface area contributed by atoms with Crippen LogP contribution in [0.25, 0.3) is 0 Å². The summed E-state index contributed by atoms with van der Waals surface area (Å²) in [5.41, 5.74) is 3.77. The highest BCUT2D eigenvalue weighted by Gasteiger charge is 2.18. The lowest BCUT2D eigenvalue weighted by molar-refractivity contribution is -0.139. The Kier molecular flexibility index (Phi) is 9.47. The molecular formula is C25H30N4O6. The van der Waals surface area contributed by atoms with E-state index < -0.39 is 11.8 Å². The minimum absolute atomic E-state index is 0.0270. The fourth-order valence-electron chi connectivity index (χ4n) is 3.54. The maximum atomic E-state index is 12.1. The van der Waals surface area contributed by atoms with Gasteiger partial charge in [0.05, 0.1) is 20.4 Å². The predicted molar refractivity (Wildman–Crippen MR) is 130 cm³/mol. The Bertz CT molecular complexity index is 1070. The van der Waals surface area contributed by atoms with Crippen molar-refractivity contribution in [1.82, 2.24) is 15.6 Å². The van der Waals surface area contributed by atoms with Gasteiger partial charge in [0.25, 0.3) is 5.91 Å². The van der Waals surface area contributed by atoms with Crippen LogP contribution in [-0.2, 0) is 20.8 Å². The van der Waals surface area contributed by atoms with Crippen molar-refractivity contribution in [3.63, 3.8) is 0 Å². The van der Waals surface area contributed by atoms with Crippen LogP contribution in [-0.4, -0.2) is 69.3 Å². The third-order valence-corrected chi connectivity index (χ3v) is 5.41. The van der Waals surface area contributed by atoms with E-state index in [0.717, 1.165) is 31.5 Å².